The Balaban J connectivity index is 3.64. The molecule has 0 fully saturated rings. The predicted molar refractivity (Wildman–Crippen MR) is 47.2 cm³/mol. The Kier molecular flexibility index (Phi) is 4.02. The lowest BCUT2D eigenvalue weighted by atomic mass is 9.88. The Morgan fingerprint density at radius 3 is 2.30 bits per heavy atom. The molecule has 0 aromatic carbocycles. The van der Waals surface area contributed by atoms with Gasteiger partial charge in [0.05, 0.1) is 0 Å². The van der Waals surface area contributed by atoms with Crippen LogP contribution < -0.4 is 0 Å². The van der Waals surface area contributed by atoms with Gasteiger partial charge in [-0.1, -0.05) is 20.8 Å². The molecule has 0 atom stereocenters. The molecule has 0 bridgehead atoms. The molecule has 0 N–H and O–H groups in total. The van der Waals surface area contributed by atoms with Crippen LogP contribution in [0.3, 0.4) is 0 Å². The monoisotopic (exact) mass is 159 g/mol. The molecule has 0 amide bonds. The normalized spacial score (nSPS) is 11.6. The molecule has 0 unspecified atom stereocenters. The average molecular weight is 159 g/mol. The van der Waals surface area contributed by atoms with E-state index in [1.807, 2.05) is 20.8 Å². The molecular weight excluding hydrogens is 144 g/mol. The van der Waals surface area contributed by atoms with Gasteiger partial charge in [0.1, 0.15) is 5.78 Å². The highest BCUT2D eigenvalue weighted by molar-refractivity contribution is 7.80. The second-order valence-corrected chi connectivity index (χ2v) is 3.78. The van der Waals surface area contributed by atoms with E-state index in [4.69, 9.17) is 0 Å². The molecule has 0 spiro atoms. The zero-order chi connectivity index (χ0) is 8.20. The van der Waals surface area contributed by atoms with E-state index in [-0.39, 0.29) is 11.2 Å². The molecule has 0 rings (SSSR count). The standard InChI is InChI=1S/C8H15OS/c1-8(2,3)7(9)5-4-6-10/h5,10H,4,6H2,1-3H3. The van der Waals surface area contributed by atoms with Crippen molar-refractivity contribution in [3.63, 3.8) is 0 Å². The van der Waals surface area contributed by atoms with Crippen LogP contribution in [0.4, 0.5) is 0 Å². The van der Waals surface area contributed by atoms with Crippen LogP contribution in [0.25, 0.3) is 0 Å². The third-order valence-corrected chi connectivity index (χ3v) is 1.46. The van der Waals surface area contributed by atoms with Gasteiger partial charge >= 0.3 is 0 Å². The van der Waals surface area contributed by atoms with E-state index in [1.54, 1.807) is 6.42 Å². The quantitative estimate of drug-likeness (QED) is 0.624. The summed E-state index contributed by atoms with van der Waals surface area (Å²) in [5, 5.41) is 0. The van der Waals surface area contributed by atoms with Crippen LogP contribution in [0.15, 0.2) is 0 Å². The first-order chi connectivity index (χ1) is 4.48. The molecule has 0 saturated carbocycles. The topological polar surface area (TPSA) is 17.1 Å². The maximum atomic E-state index is 11.1. The van der Waals surface area contributed by atoms with E-state index in [0.29, 0.717) is 0 Å². The van der Waals surface area contributed by atoms with Crippen molar-refractivity contribution in [2.24, 2.45) is 5.41 Å². The number of Topliss-reactive ketones (excluding diaryl/α,β-unsaturated/α-hetero) is 1. The molecule has 1 radical (unpaired) electrons. The molecular formula is C8H15OS. The minimum absolute atomic E-state index is 0.210. The third kappa shape index (κ3) is 3.94. The minimum Gasteiger partial charge on any atom is -0.299 e. The Morgan fingerprint density at radius 1 is 1.50 bits per heavy atom. The molecule has 0 aliphatic carbocycles. The lowest BCUT2D eigenvalue weighted by Gasteiger charge is -2.15. The molecule has 10 heavy (non-hydrogen) atoms. The maximum Gasteiger partial charge on any atom is 0.142 e. The fourth-order valence-electron chi connectivity index (χ4n) is 0.502. The van der Waals surface area contributed by atoms with E-state index in [2.05, 4.69) is 12.6 Å². The van der Waals surface area contributed by atoms with Gasteiger partial charge in [-0.2, -0.15) is 12.6 Å². The predicted octanol–water partition coefficient (Wildman–Crippen LogP) is 2.13. The lowest BCUT2D eigenvalue weighted by Crippen LogP contribution is -2.20. The Morgan fingerprint density at radius 2 is 2.00 bits per heavy atom. The fraction of sp³-hybridized carbons (Fsp3) is 0.750. The highest BCUT2D eigenvalue weighted by Gasteiger charge is 2.19. The molecule has 0 aromatic rings. The number of hydrogen-bond donors (Lipinski definition) is 1. The van der Waals surface area contributed by atoms with Gasteiger partial charge in [-0.25, -0.2) is 0 Å². The van der Waals surface area contributed by atoms with Crippen molar-refractivity contribution in [2.45, 2.75) is 27.2 Å². The third-order valence-electron chi connectivity index (χ3n) is 1.20. The summed E-state index contributed by atoms with van der Waals surface area (Å²) in [6.45, 7) is 5.76. The molecule has 0 heterocycles. The number of thiol groups is 1. The van der Waals surface area contributed by atoms with Crippen LogP contribution >= 0.6 is 12.6 Å². The number of hydrogen-bond acceptors (Lipinski definition) is 2. The van der Waals surface area contributed by atoms with Crippen LogP contribution in [0.1, 0.15) is 27.2 Å². The van der Waals surface area contributed by atoms with Gasteiger partial charge in [0.15, 0.2) is 0 Å². The van der Waals surface area contributed by atoms with Crippen molar-refractivity contribution in [1.82, 2.24) is 0 Å². The summed E-state index contributed by atoms with van der Waals surface area (Å²) in [4.78, 5) is 11.1. The first kappa shape index (κ1) is 10.0. The van der Waals surface area contributed by atoms with Crippen LogP contribution in [-0.4, -0.2) is 11.5 Å². The molecule has 59 valence electrons. The molecule has 0 aromatic heterocycles. The Bertz CT molecular complexity index is 113. The van der Waals surface area contributed by atoms with Gasteiger partial charge in [-0.3, -0.25) is 4.79 Å². The first-order valence-corrected chi connectivity index (χ1v) is 4.10. The summed E-state index contributed by atoms with van der Waals surface area (Å²) in [5.41, 5.74) is -0.219. The first-order valence-electron chi connectivity index (χ1n) is 3.47. The molecule has 1 nitrogen and oxygen atoms in total. The lowest BCUT2D eigenvalue weighted by molar-refractivity contribution is -0.122. The molecule has 2 heteroatoms. The summed E-state index contributed by atoms with van der Waals surface area (Å²) in [6, 6.07) is 0. The van der Waals surface area contributed by atoms with Crippen LogP contribution in [-0.2, 0) is 4.79 Å². The van der Waals surface area contributed by atoms with E-state index in [0.717, 1.165) is 12.2 Å². The number of carbonyl (C=O) groups is 1. The second kappa shape index (κ2) is 4.02. The van der Waals surface area contributed by atoms with Crippen LogP contribution in [0, 0.1) is 11.8 Å². The Hall–Kier alpha value is 0.0200. The molecule has 0 aliphatic heterocycles. The smallest absolute Gasteiger partial charge is 0.142 e. The van der Waals surface area contributed by atoms with Crippen molar-refractivity contribution in [2.75, 3.05) is 5.75 Å². The summed E-state index contributed by atoms with van der Waals surface area (Å²) in [7, 11) is 0. The summed E-state index contributed by atoms with van der Waals surface area (Å²) in [6.07, 6.45) is 2.49. The highest BCUT2D eigenvalue weighted by atomic mass is 32.1. The van der Waals surface area contributed by atoms with Gasteiger partial charge in [0.25, 0.3) is 0 Å². The zero-order valence-electron chi connectivity index (χ0n) is 6.85. The minimum atomic E-state index is -0.219. The highest BCUT2D eigenvalue weighted by Crippen LogP contribution is 2.16. The van der Waals surface area contributed by atoms with E-state index < -0.39 is 0 Å². The SMILES string of the molecule is CC(C)(C)C(=O)[CH]CCS. The van der Waals surface area contributed by atoms with Gasteiger partial charge in [0, 0.05) is 11.8 Å². The second-order valence-electron chi connectivity index (χ2n) is 3.33. The van der Waals surface area contributed by atoms with Gasteiger partial charge < -0.3 is 0 Å². The zero-order valence-corrected chi connectivity index (χ0v) is 7.74. The van der Waals surface area contributed by atoms with Crippen molar-refractivity contribution < 1.29 is 4.79 Å². The molecule has 0 saturated heterocycles. The van der Waals surface area contributed by atoms with Crippen molar-refractivity contribution in [3.8, 4) is 0 Å². The van der Waals surface area contributed by atoms with Gasteiger partial charge in [-0.05, 0) is 12.2 Å². The van der Waals surface area contributed by atoms with E-state index in [9.17, 15) is 4.79 Å². The Labute approximate surface area is 68.6 Å². The van der Waals surface area contributed by atoms with E-state index in [1.165, 1.54) is 0 Å². The fourth-order valence-corrected chi connectivity index (χ4v) is 0.631. The number of rotatable bonds is 3. The van der Waals surface area contributed by atoms with Crippen LogP contribution in [0.2, 0.25) is 0 Å². The molecule has 0 aliphatic rings. The summed E-state index contributed by atoms with van der Waals surface area (Å²) < 4.78 is 0. The number of ketones is 1. The van der Waals surface area contributed by atoms with Crippen molar-refractivity contribution in [1.29, 1.82) is 0 Å². The van der Waals surface area contributed by atoms with Crippen LogP contribution in [0.5, 0.6) is 0 Å². The van der Waals surface area contributed by atoms with Gasteiger partial charge in [0.2, 0.25) is 0 Å². The maximum absolute atomic E-state index is 11.1. The summed E-state index contributed by atoms with van der Waals surface area (Å²) >= 11 is 4.01. The van der Waals surface area contributed by atoms with Crippen molar-refractivity contribution in [3.05, 3.63) is 6.42 Å². The largest absolute Gasteiger partial charge is 0.299 e. The van der Waals surface area contributed by atoms with Crippen molar-refractivity contribution >= 4 is 18.4 Å². The average Bonchev–Trinajstić information content (AvgIpc) is 1.80. The van der Waals surface area contributed by atoms with E-state index >= 15 is 0 Å². The van der Waals surface area contributed by atoms with Gasteiger partial charge in [-0.15, -0.1) is 0 Å². The summed E-state index contributed by atoms with van der Waals surface area (Å²) in [5.74, 6) is 0.962. The number of carbonyl (C=O) groups excluding carboxylic acids is 1.